The number of fused-ring (bicyclic) bond motifs is 1. The van der Waals surface area contributed by atoms with Crippen LogP contribution >= 0.6 is 22.9 Å². The zero-order valence-electron chi connectivity index (χ0n) is 12.7. The highest BCUT2D eigenvalue weighted by molar-refractivity contribution is 7.20. The number of carboxylic acids is 1. The Bertz CT molecular complexity index is 900. The predicted octanol–water partition coefficient (Wildman–Crippen LogP) is 4.20. The Hall–Kier alpha value is -2.02. The highest BCUT2D eigenvalue weighted by Crippen LogP contribution is 2.38. The van der Waals surface area contributed by atoms with E-state index in [0.29, 0.717) is 22.9 Å². The molecule has 0 unspecified atom stereocenters. The van der Waals surface area contributed by atoms with Crippen molar-refractivity contribution in [3.05, 3.63) is 40.2 Å². The van der Waals surface area contributed by atoms with E-state index in [4.69, 9.17) is 16.7 Å². The van der Waals surface area contributed by atoms with Crippen LogP contribution in [0.15, 0.2) is 30.3 Å². The molecule has 0 saturated carbocycles. The molecule has 0 atom stereocenters. The molecule has 7 heteroatoms. The Balaban J connectivity index is 2.13. The molecule has 0 bridgehead atoms. The molecule has 0 spiro atoms. The van der Waals surface area contributed by atoms with Gasteiger partial charge >= 0.3 is 5.97 Å². The smallest absolute Gasteiger partial charge is 0.345 e. The number of aliphatic hydroxyl groups is 1. The zero-order chi connectivity index (χ0) is 17.3. The summed E-state index contributed by atoms with van der Waals surface area (Å²) in [6.07, 6.45) is 1.43. The van der Waals surface area contributed by atoms with Gasteiger partial charge in [0, 0.05) is 18.7 Å². The maximum absolute atomic E-state index is 11.2. The molecule has 3 N–H and O–H groups in total. The normalized spacial score (nSPS) is 11.2. The Morgan fingerprint density at radius 1 is 1.21 bits per heavy atom. The Morgan fingerprint density at radius 2 is 2.00 bits per heavy atom. The maximum atomic E-state index is 11.2. The molecule has 0 aliphatic heterocycles. The van der Waals surface area contributed by atoms with E-state index in [1.54, 1.807) is 18.2 Å². The summed E-state index contributed by atoms with van der Waals surface area (Å²) in [7, 11) is 0. The molecular formula is C17H16ClNO4S. The number of unbranched alkanes of at least 4 members (excludes halogenated alkanes) is 1. The molecular weight excluding hydrogens is 350 g/mol. The van der Waals surface area contributed by atoms with Gasteiger partial charge < -0.3 is 19.9 Å². The molecule has 24 heavy (non-hydrogen) atoms. The molecule has 0 aliphatic carbocycles. The average Bonchev–Trinajstić information content (AvgIpc) is 3.07. The molecule has 0 saturated heterocycles. The molecule has 3 aromatic rings. The zero-order valence-corrected chi connectivity index (χ0v) is 14.3. The third-order valence-electron chi connectivity index (χ3n) is 3.82. The van der Waals surface area contributed by atoms with E-state index in [2.05, 4.69) is 0 Å². The lowest BCUT2D eigenvalue weighted by atomic mass is 10.1. The number of hydrogen-bond donors (Lipinski definition) is 3. The standard InChI is InChI=1S/C17H16ClNO4S/c18-12-7-10(21)3-4-11(12)13-8-15-14(9-16(24-15)17(22)23)19(13)5-1-2-6-20/h3-4,7-9,20-21H,1-2,5-6H2,(H,22,23). The average molecular weight is 366 g/mol. The van der Waals surface area contributed by atoms with Gasteiger partial charge in [-0.3, -0.25) is 0 Å². The third kappa shape index (κ3) is 3.13. The number of aliphatic hydroxyl groups excluding tert-OH is 1. The van der Waals surface area contributed by atoms with Crippen molar-refractivity contribution in [2.45, 2.75) is 19.4 Å². The number of aromatic carboxylic acids is 1. The van der Waals surface area contributed by atoms with E-state index in [1.807, 2.05) is 10.6 Å². The number of aromatic hydroxyl groups is 1. The van der Waals surface area contributed by atoms with Crippen molar-refractivity contribution in [2.24, 2.45) is 0 Å². The minimum absolute atomic E-state index is 0.0945. The van der Waals surface area contributed by atoms with Crippen molar-refractivity contribution in [1.29, 1.82) is 0 Å². The predicted molar refractivity (Wildman–Crippen MR) is 95.2 cm³/mol. The summed E-state index contributed by atoms with van der Waals surface area (Å²) in [6.45, 7) is 0.760. The van der Waals surface area contributed by atoms with E-state index in [1.165, 1.54) is 17.4 Å². The van der Waals surface area contributed by atoms with Gasteiger partial charge in [-0.05, 0) is 43.2 Å². The van der Waals surface area contributed by atoms with Crippen LogP contribution in [0.1, 0.15) is 22.5 Å². The van der Waals surface area contributed by atoms with Crippen LogP contribution in [0, 0.1) is 0 Å². The van der Waals surface area contributed by atoms with Gasteiger partial charge in [0.05, 0.1) is 20.9 Å². The topological polar surface area (TPSA) is 82.7 Å². The Morgan fingerprint density at radius 3 is 2.67 bits per heavy atom. The van der Waals surface area contributed by atoms with Gasteiger partial charge in [-0.25, -0.2) is 4.79 Å². The van der Waals surface area contributed by atoms with Gasteiger partial charge in [0.2, 0.25) is 0 Å². The number of halogens is 1. The van der Waals surface area contributed by atoms with Crippen LogP contribution in [-0.2, 0) is 6.54 Å². The summed E-state index contributed by atoms with van der Waals surface area (Å²) in [5.74, 6) is -0.848. The van der Waals surface area contributed by atoms with Crippen molar-refractivity contribution >= 4 is 39.1 Å². The lowest BCUT2D eigenvalue weighted by Crippen LogP contribution is -2.01. The van der Waals surface area contributed by atoms with Crippen LogP contribution in [0.25, 0.3) is 21.5 Å². The number of aryl methyl sites for hydroxylation is 1. The molecule has 0 aliphatic rings. The molecule has 0 radical (unpaired) electrons. The highest BCUT2D eigenvalue weighted by Gasteiger charge is 2.18. The van der Waals surface area contributed by atoms with Gasteiger partial charge in [0.25, 0.3) is 0 Å². The van der Waals surface area contributed by atoms with E-state index in [-0.39, 0.29) is 12.4 Å². The second kappa shape index (κ2) is 6.84. The van der Waals surface area contributed by atoms with E-state index in [0.717, 1.165) is 27.9 Å². The summed E-state index contributed by atoms with van der Waals surface area (Å²) in [5, 5.41) is 28.2. The van der Waals surface area contributed by atoms with Gasteiger partial charge in [-0.1, -0.05) is 11.6 Å². The molecule has 126 valence electrons. The van der Waals surface area contributed by atoms with Crippen LogP contribution in [0.4, 0.5) is 0 Å². The van der Waals surface area contributed by atoms with Crippen molar-refractivity contribution in [3.63, 3.8) is 0 Å². The summed E-state index contributed by atoms with van der Waals surface area (Å²) in [4.78, 5) is 11.5. The van der Waals surface area contributed by atoms with Crippen LogP contribution < -0.4 is 0 Å². The van der Waals surface area contributed by atoms with Gasteiger partial charge in [0.1, 0.15) is 10.6 Å². The molecule has 0 amide bonds. The molecule has 2 aromatic heterocycles. The second-order valence-electron chi connectivity index (χ2n) is 5.44. The quantitative estimate of drug-likeness (QED) is 0.572. The first-order valence-electron chi connectivity index (χ1n) is 7.47. The number of phenols is 1. The Kier molecular flexibility index (Phi) is 4.80. The number of phenolic OH excluding ortho intramolecular Hbond substituents is 1. The SMILES string of the molecule is O=C(O)c1cc2c(cc(-c3ccc(O)cc3Cl)n2CCCCO)s1. The van der Waals surface area contributed by atoms with E-state index < -0.39 is 5.97 Å². The number of nitrogens with zero attached hydrogens (tertiary/aromatic N) is 1. The summed E-state index contributed by atoms with van der Waals surface area (Å²) < 4.78 is 2.89. The summed E-state index contributed by atoms with van der Waals surface area (Å²) in [5.41, 5.74) is 2.49. The fourth-order valence-electron chi connectivity index (χ4n) is 2.70. The summed E-state index contributed by atoms with van der Waals surface area (Å²) in [6, 6.07) is 8.39. The first kappa shape index (κ1) is 16.8. The van der Waals surface area contributed by atoms with Crippen molar-refractivity contribution in [3.8, 4) is 17.0 Å². The van der Waals surface area contributed by atoms with Crippen LogP contribution in [0.5, 0.6) is 5.75 Å². The second-order valence-corrected chi connectivity index (χ2v) is 6.93. The molecule has 2 heterocycles. The number of rotatable bonds is 6. The van der Waals surface area contributed by atoms with Crippen molar-refractivity contribution in [1.82, 2.24) is 4.57 Å². The third-order valence-corrected chi connectivity index (χ3v) is 5.19. The fourth-order valence-corrected chi connectivity index (χ4v) is 3.92. The number of benzene rings is 1. The monoisotopic (exact) mass is 365 g/mol. The van der Waals surface area contributed by atoms with Crippen LogP contribution in [0.3, 0.4) is 0 Å². The minimum atomic E-state index is -0.942. The lowest BCUT2D eigenvalue weighted by molar-refractivity contribution is 0.0702. The number of aromatic nitrogens is 1. The van der Waals surface area contributed by atoms with Crippen molar-refractivity contribution in [2.75, 3.05) is 6.61 Å². The maximum Gasteiger partial charge on any atom is 0.345 e. The number of carboxylic acid groups (broad SMARTS) is 1. The molecule has 5 nitrogen and oxygen atoms in total. The van der Waals surface area contributed by atoms with Gasteiger partial charge in [0.15, 0.2) is 0 Å². The van der Waals surface area contributed by atoms with Gasteiger partial charge in [-0.15, -0.1) is 11.3 Å². The fraction of sp³-hybridized carbons (Fsp3) is 0.235. The van der Waals surface area contributed by atoms with Crippen LogP contribution in [-0.4, -0.2) is 32.5 Å². The Labute approximate surface area is 147 Å². The molecule has 0 fully saturated rings. The van der Waals surface area contributed by atoms with E-state index >= 15 is 0 Å². The highest BCUT2D eigenvalue weighted by atomic mass is 35.5. The minimum Gasteiger partial charge on any atom is -0.508 e. The largest absolute Gasteiger partial charge is 0.508 e. The van der Waals surface area contributed by atoms with E-state index in [9.17, 15) is 15.0 Å². The molecule has 3 rings (SSSR count). The number of hydrogen-bond acceptors (Lipinski definition) is 4. The first-order chi connectivity index (χ1) is 11.5. The van der Waals surface area contributed by atoms with Crippen molar-refractivity contribution < 1.29 is 20.1 Å². The first-order valence-corrected chi connectivity index (χ1v) is 8.67. The van der Waals surface area contributed by atoms with Crippen LogP contribution in [0.2, 0.25) is 5.02 Å². The van der Waals surface area contributed by atoms with Gasteiger partial charge in [-0.2, -0.15) is 0 Å². The number of thiophene rings is 1. The lowest BCUT2D eigenvalue weighted by Gasteiger charge is -2.12. The summed E-state index contributed by atoms with van der Waals surface area (Å²) >= 11 is 7.49. The molecule has 1 aromatic carbocycles. The number of carbonyl (C=O) groups is 1.